The number of piperidine rings is 1. The highest BCUT2D eigenvalue weighted by atomic mass is 16.5. The molecule has 136 valence electrons. The normalized spacial score (nSPS) is 24.1. The molecule has 2 heterocycles. The maximum Gasteiger partial charge on any atom is 0.251 e. The number of ether oxygens (including phenoxy) is 2. The molecule has 0 spiro atoms. The van der Waals surface area contributed by atoms with Gasteiger partial charge in [0, 0.05) is 24.7 Å². The average Bonchev–Trinajstić information content (AvgIpc) is 3.01. The van der Waals surface area contributed by atoms with E-state index in [2.05, 4.69) is 10.2 Å². The maximum absolute atomic E-state index is 12.5. The minimum atomic E-state index is -0.00602. The van der Waals surface area contributed by atoms with Crippen molar-refractivity contribution in [1.82, 2.24) is 10.2 Å². The van der Waals surface area contributed by atoms with E-state index in [1.54, 1.807) is 7.11 Å². The maximum atomic E-state index is 12.5. The number of amides is 1. The fraction of sp³-hybridized carbons (Fsp3) is 0.381. The number of nitrogens with one attached hydrogen (secondary N) is 1. The van der Waals surface area contributed by atoms with Gasteiger partial charge in [0.05, 0.1) is 7.11 Å². The lowest BCUT2D eigenvalue weighted by Crippen LogP contribution is -2.46. The smallest absolute Gasteiger partial charge is 0.251 e. The Morgan fingerprint density at radius 1 is 1.00 bits per heavy atom. The van der Waals surface area contributed by atoms with Crippen molar-refractivity contribution in [3.8, 4) is 17.2 Å². The molecule has 2 aromatic carbocycles. The van der Waals surface area contributed by atoms with Crippen molar-refractivity contribution in [3.05, 3.63) is 54.1 Å². The van der Waals surface area contributed by atoms with Crippen LogP contribution in [0, 0.1) is 5.92 Å². The van der Waals surface area contributed by atoms with Crippen LogP contribution < -0.4 is 14.8 Å². The molecule has 26 heavy (non-hydrogen) atoms. The first-order chi connectivity index (χ1) is 12.7. The number of benzene rings is 2. The van der Waals surface area contributed by atoms with Crippen LogP contribution in [0.25, 0.3) is 0 Å². The molecule has 2 fully saturated rings. The van der Waals surface area contributed by atoms with Gasteiger partial charge in [-0.3, -0.25) is 4.79 Å². The summed E-state index contributed by atoms with van der Waals surface area (Å²) in [7, 11) is 1.63. The largest absolute Gasteiger partial charge is 0.497 e. The molecule has 0 aromatic heterocycles. The van der Waals surface area contributed by atoms with Crippen LogP contribution in [0.1, 0.15) is 23.2 Å². The number of hydrogen-bond acceptors (Lipinski definition) is 4. The Hall–Kier alpha value is -2.53. The second kappa shape index (κ2) is 7.38. The SMILES string of the molecule is COc1ccc(Oc2ccc(C(=O)NC3CC4CCN(C4)C3)cc2)cc1. The van der Waals surface area contributed by atoms with Crippen molar-refractivity contribution >= 4 is 5.91 Å². The van der Waals surface area contributed by atoms with Crippen LogP contribution in [0.4, 0.5) is 0 Å². The van der Waals surface area contributed by atoms with Crippen molar-refractivity contribution in [2.45, 2.75) is 18.9 Å². The molecule has 0 aliphatic carbocycles. The first kappa shape index (κ1) is 16.9. The third kappa shape index (κ3) is 3.83. The van der Waals surface area contributed by atoms with Crippen LogP contribution in [0.2, 0.25) is 0 Å². The number of carbonyl (C=O) groups is 1. The molecular formula is C21H24N2O3. The van der Waals surface area contributed by atoms with E-state index in [0.29, 0.717) is 11.3 Å². The lowest BCUT2D eigenvalue weighted by molar-refractivity contribution is 0.0909. The topological polar surface area (TPSA) is 50.8 Å². The van der Waals surface area contributed by atoms with Crippen LogP contribution in [-0.2, 0) is 0 Å². The van der Waals surface area contributed by atoms with Crippen LogP contribution in [0.15, 0.2) is 48.5 Å². The number of methoxy groups -OCH3 is 1. The minimum absolute atomic E-state index is 0.00602. The van der Waals surface area contributed by atoms with E-state index in [1.807, 2.05) is 48.5 Å². The highest BCUT2D eigenvalue weighted by Gasteiger charge is 2.32. The zero-order valence-corrected chi connectivity index (χ0v) is 15.0. The summed E-state index contributed by atoms with van der Waals surface area (Å²) in [6, 6.07) is 14.9. The molecule has 2 aromatic rings. The fourth-order valence-corrected chi connectivity index (χ4v) is 3.89. The molecular weight excluding hydrogens is 328 g/mol. The van der Waals surface area contributed by atoms with E-state index in [1.165, 1.54) is 19.5 Å². The first-order valence-electron chi connectivity index (χ1n) is 9.15. The molecule has 0 radical (unpaired) electrons. The Morgan fingerprint density at radius 2 is 1.65 bits per heavy atom. The van der Waals surface area contributed by atoms with Gasteiger partial charge < -0.3 is 19.7 Å². The fourth-order valence-electron chi connectivity index (χ4n) is 3.89. The lowest BCUT2D eigenvalue weighted by atomic mass is 9.96. The molecule has 2 saturated heterocycles. The average molecular weight is 352 g/mol. The van der Waals surface area contributed by atoms with Crippen LogP contribution in [0.3, 0.4) is 0 Å². The van der Waals surface area contributed by atoms with Crippen molar-refractivity contribution in [1.29, 1.82) is 0 Å². The second-order valence-electron chi connectivity index (χ2n) is 7.12. The van der Waals surface area contributed by atoms with E-state index in [4.69, 9.17) is 9.47 Å². The quantitative estimate of drug-likeness (QED) is 0.897. The summed E-state index contributed by atoms with van der Waals surface area (Å²) in [4.78, 5) is 15.0. The van der Waals surface area contributed by atoms with Crippen LogP contribution in [0.5, 0.6) is 17.2 Å². The molecule has 1 N–H and O–H groups in total. The van der Waals surface area contributed by atoms with Gasteiger partial charge >= 0.3 is 0 Å². The predicted octanol–water partition coefficient (Wildman–Crippen LogP) is 3.31. The highest BCUT2D eigenvalue weighted by Crippen LogP contribution is 2.27. The predicted molar refractivity (Wildman–Crippen MR) is 99.9 cm³/mol. The molecule has 5 nitrogen and oxygen atoms in total. The summed E-state index contributed by atoms with van der Waals surface area (Å²) in [5, 5.41) is 3.18. The van der Waals surface area contributed by atoms with Gasteiger partial charge in [-0.05, 0) is 73.8 Å². The summed E-state index contributed by atoms with van der Waals surface area (Å²) in [5.74, 6) is 2.96. The lowest BCUT2D eigenvalue weighted by Gasteiger charge is -2.30. The number of hydrogen-bond donors (Lipinski definition) is 1. The van der Waals surface area contributed by atoms with Crippen molar-refractivity contribution < 1.29 is 14.3 Å². The number of carbonyl (C=O) groups excluding carboxylic acids is 1. The van der Waals surface area contributed by atoms with Gasteiger partial charge in [-0.15, -0.1) is 0 Å². The highest BCUT2D eigenvalue weighted by molar-refractivity contribution is 5.94. The van der Waals surface area contributed by atoms with Gasteiger partial charge in [0.15, 0.2) is 0 Å². The molecule has 3 atom stereocenters. The second-order valence-corrected chi connectivity index (χ2v) is 7.12. The zero-order chi connectivity index (χ0) is 17.9. The molecule has 2 aliphatic rings. The van der Waals surface area contributed by atoms with E-state index in [0.717, 1.165) is 30.4 Å². The molecule has 1 amide bonds. The first-order valence-corrected chi connectivity index (χ1v) is 9.15. The Balaban J connectivity index is 1.35. The molecule has 4 rings (SSSR count). The zero-order valence-electron chi connectivity index (χ0n) is 15.0. The molecule has 5 heteroatoms. The summed E-state index contributed by atoms with van der Waals surface area (Å²) >= 11 is 0. The molecule has 3 unspecified atom stereocenters. The molecule has 2 aliphatic heterocycles. The van der Waals surface area contributed by atoms with Crippen LogP contribution in [-0.4, -0.2) is 43.6 Å². The monoisotopic (exact) mass is 352 g/mol. The summed E-state index contributed by atoms with van der Waals surface area (Å²) in [5.41, 5.74) is 0.667. The van der Waals surface area contributed by atoms with Gasteiger partial charge in [0.2, 0.25) is 0 Å². The number of rotatable bonds is 5. The Labute approximate surface area is 153 Å². The molecule has 0 saturated carbocycles. The third-order valence-electron chi connectivity index (χ3n) is 5.21. The van der Waals surface area contributed by atoms with Gasteiger partial charge in [-0.1, -0.05) is 0 Å². The Kier molecular flexibility index (Phi) is 4.80. The van der Waals surface area contributed by atoms with E-state index < -0.39 is 0 Å². The Bertz CT molecular complexity index is 746. The van der Waals surface area contributed by atoms with Crippen LogP contribution >= 0.6 is 0 Å². The molecule has 2 bridgehead atoms. The van der Waals surface area contributed by atoms with Crippen molar-refractivity contribution in [2.75, 3.05) is 26.7 Å². The van der Waals surface area contributed by atoms with E-state index in [9.17, 15) is 4.79 Å². The van der Waals surface area contributed by atoms with Gasteiger partial charge in [0.1, 0.15) is 17.2 Å². The van der Waals surface area contributed by atoms with Crippen molar-refractivity contribution in [3.63, 3.8) is 0 Å². The standard InChI is InChI=1S/C21H24N2O3/c1-25-18-6-8-20(9-7-18)26-19-4-2-16(3-5-19)21(24)22-17-12-15-10-11-23(13-15)14-17/h2-9,15,17H,10-14H2,1H3,(H,22,24). The summed E-state index contributed by atoms with van der Waals surface area (Å²) in [6.45, 7) is 3.35. The Morgan fingerprint density at radius 3 is 2.31 bits per heavy atom. The third-order valence-corrected chi connectivity index (χ3v) is 5.21. The number of nitrogens with zero attached hydrogens (tertiary/aromatic N) is 1. The minimum Gasteiger partial charge on any atom is -0.497 e. The van der Waals surface area contributed by atoms with Gasteiger partial charge in [0.25, 0.3) is 5.91 Å². The van der Waals surface area contributed by atoms with Gasteiger partial charge in [-0.25, -0.2) is 0 Å². The van der Waals surface area contributed by atoms with Gasteiger partial charge in [-0.2, -0.15) is 0 Å². The van der Waals surface area contributed by atoms with E-state index >= 15 is 0 Å². The van der Waals surface area contributed by atoms with Crippen molar-refractivity contribution in [2.24, 2.45) is 5.92 Å². The summed E-state index contributed by atoms with van der Waals surface area (Å²) in [6.07, 6.45) is 2.37. The number of fused-ring (bicyclic) bond motifs is 2. The summed E-state index contributed by atoms with van der Waals surface area (Å²) < 4.78 is 10.9. The van der Waals surface area contributed by atoms with E-state index in [-0.39, 0.29) is 11.9 Å².